The van der Waals surface area contributed by atoms with Crippen molar-refractivity contribution >= 4 is 5.91 Å². The van der Waals surface area contributed by atoms with Crippen LogP contribution in [0.5, 0.6) is 11.5 Å². The Morgan fingerprint density at radius 1 is 1.33 bits per heavy atom. The molecule has 1 saturated heterocycles. The number of carbonyl (C=O) groups excluding carboxylic acids is 1. The molecule has 5 nitrogen and oxygen atoms in total. The van der Waals surface area contributed by atoms with Crippen LogP contribution in [0, 0.1) is 5.92 Å². The molecule has 1 aromatic rings. The summed E-state index contributed by atoms with van der Waals surface area (Å²) >= 11 is 0. The lowest BCUT2D eigenvalue weighted by Gasteiger charge is -2.34. The summed E-state index contributed by atoms with van der Waals surface area (Å²) in [7, 11) is 0. The van der Waals surface area contributed by atoms with Gasteiger partial charge in [0, 0.05) is 24.7 Å². The monoisotopic (exact) mass is 334 g/mol. The predicted molar refractivity (Wildman–Crippen MR) is 95.7 cm³/mol. The van der Waals surface area contributed by atoms with Crippen LogP contribution in [0.25, 0.3) is 0 Å². The van der Waals surface area contributed by atoms with Gasteiger partial charge in [0.05, 0.1) is 13.2 Å². The molecule has 0 spiro atoms. The van der Waals surface area contributed by atoms with Gasteiger partial charge in [-0.05, 0) is 57.2 Å². The third-order valence-electron chi connectivity index (χ3n) is 4.44. The summed E-state index contributed by atoms with van der Waals surface area (Å²) < 4.78 is 11.4. The fourth-order valence-electron chi connectivity index (χ4n) is 3.05. The quantitative estimate of drug-likeness (QED) is 0.832. The highest BCUT2D eigenvalue weighted by Crippen LogP contribution is 2.30. The maximum absolute atomic E-state index is 12.8. The standard InChI is InChI=1S/C19H30N2O3/c1-4-11-24-17-9-8-15(12-18(17)23-5-2)19(22)21-10-6-7-16(13-21)14(3)20/h8-9,12,14,16H,4-7,10-11,13,20H2,1-3H3. The van der Waals surface area contributed by atoms with Crippen LogP contribution in [-0.4, -0.2) is 43.2 Å². The topological polar surface area (TPSA) is 64.8 Å². The number of nitrogens with two attached hydrogens (primary N) is 1. The number of piperidine rings is 1. The second kappa shape index (κ2) is 8.92. The molecule has 1 heterocycles. The summed E-state index contributed by atoms with van der Waals surface area (Å²) in [6, 6.07) is 5.57. The van der Waals surface area contributed by atoms with E-state index in [-0.39, 0.29) is 11.9 Å². The molecule has 2 rings (SSSR count). The number of benzene rings is 1. The SMILES string of the molecule is CCCOc1ccc(C(=O)N2CCCC(C(C)N)C2)cc1OCC. The number of ether oxygens (including phenoxy) is 2. The Morgan fingerprint density at radius 3 is 2.79 bits per heavy atom. The van der Waals surface area contributed by atoms with Gasteiger partial charge in [0.1, 0.15) is 0 Å². The molecule has 2 atom stereocenters. The molecule has 0 aliphatic carbocycles. The highest BCUT2D eigenvalue weighted by molar-refractivity contribution is 5.95. The second-order valence-corrected chi connectivity index (χ2v) is 6.46. The number of hydrogen-bond acceptors (Lipinski definition) is 4. The van der Waals surface area contributed by atoms with E-state index in [4.69, 9.17) is 15.2 Å². The Kier molecular flexibility index (Phi) is 6.91. The summed E-state index contributed by atoms with van der Waals surface area (Å²) in [4.78, 5) is 14.8. The Balaban J connectivity index is 2.14. The molecular weight excluding hydrogens is 304 g/mol. The number of nitrogens with zero attached hydrogens (tertiary/aromatic N) is 1. The van der Waals surface area contributed by atoms with E-state index in [1.165, 1.54) is 0 Å². The molecule has 0 bridgehead atoms. The Labute approximate surface area is 145 Å². The van der Waals surface area contributed by atoms with E-state index >= 15 is 0 Å². The average Bonchev–Trinajstić information content (AvgIpc) is 2.60. The van der Waals surface area contributed by atoms with E-state index in [0.717, 1.165) is 32.4 Å². The second-order valence-electron chi connectivity index (χ2n) is 6.46. The summed E-state index contributed by atoms with van der Waals surface area (Å²) in [6.07, 6.45) is 3.03. The first kappa shape index (κ1) is 18.6. The lowest BCUT2D eigenvalue weighted by Crippen LogP contribution is -2.45. The molecule has 24 heavy (non-hydrogen) atoms. The van der Waals surface area contributed by atoms with Gasteiger partial charge in [-0.25, -0.2) is 0 Å². The summed E-state index contributed by atoms with van der Waals surface area (Å²) in [5.74, 6) is 1.75. The zero-order valence-corrected chi connectivity index (χ0v) is 15.1. The lowest BCUT2D eigenvalue weighted by molar-refractivity contribution is 0.0660. The first-order valence-electron chi connectivity index (χ1n) is 9.01. The van der Waals surface area contributed by atoms with Crippen LogP contribution < -0.4 is 15.2 Å². The zero-order chi connectivity index (χ0) is 17.5. The van der Waals surface area contributed by atoms with E-state index in [0.29, 0.717) is 36.2 Å². The van der Waals surface area contributed by atoms with Gasteiger partial charge in [0.15, 0.2) is 11.5 Å². The number of likely N-dealkylation sites (tertiary alicyclic amines) is 1. The molecule has 1 aromatic carbocycles. The van der Waals surface area contributed by atoms with Gasteiger partial charge >= 0.3 is 0 Å². The first-order valence-corrected chi connectivity index (χ1v) is 9.01. The number of carbonyl (C=O) groups is 1. The molecule has 1 aliphatic heterocycles. The third-order valence-corrected chi connectivity index (χ3v) is 4.44. The predicted octanol–water partition coefficient (Wildman–Crippen LogP) is 3.07. The van der Waals surface area contributed by atoms with Crippen LogP contribution in [0.4, 0.5) is 0 Å². The highest BCUT2D eigenvalue weighted by atomic mass is 16.5. The van der Waals surface area contributed by atoms with Crippen LogP contribution in [0.1, 0.15) is 50.4 Å². The third kappa shape index (κ3) is 4.63. The summed E-state index contributed by atoms with van der Waals surface area (Å²) in [5, 5.41) is 0. The van der Waals surface area contributed by atoms with Crippen LogP contribution >= 0.6 is 0 Å². The average molecular weight is 334 g/mol. The minimum Gasteiger partial charge on any atom is -0.490 e. The van der Waals surface area contributed by atoms with Gasteiger partial charge in [0.2, 0.25) is 0 Å². The van der Waals surface area contributed by atoms with E-state index in [9.17, 15) is 4.79 Å². The fraction of sp³-hybridized carbons (Fsp3) is 0.632. The molecule has 5 heteroatoms. The van der Waals surface area contributed by atoms with Crippen molar-refractivity contribution in [3.63, 3.8) is 0 Å². The molecule has 0 radical (unpaired) electrons. The van der Waals surface area contributed by atoms with Gasteiger partial charge in [-0.15, -0.1) is 0 Å². The van der Waals surface area contributed by atoms with Crippen molar-refractivity contribution in [1.29, 1.82) is 0 Å². The van der Waals surface area contributed by atoms with Crippen molar-refractivity contribution in [3.8, 4) is 11.5 Å². The van der Waals surface area contributed by atoms with Gasteiger partial charge in [-0.3, -0.25) is 4.79 Å². The van der Waals surface area contributed by atoms with Crippen molar-refractivity contribution < 1.29 is 14.3 Å². The molecule has 1 aliphatic rings. The van der Waals surface area contributed by atoms with Gasteiger partial charge in [0.25, 0.3) is 5.91 Å². The molecular formula is C19H30N2O3. The molecule has 134 valence electrons. The lowest BCUT2D eigenvalue weighted by atomic mass is 9.92. The van der Waals surface area contributed by atoms with Gasteiger partial charge in [-0.1, -0.05) is 6.92 Å². The maximum Gasteiger partial charge on any atom is 0.254 e. The van der Waals surface area contributed by atoms with Crippen molar-refractivity contribution in [3.05, 3.63) is 23.8 Å². The van der Waals surface area contributed by atoms with Crippen molar-refractivity contribution in [2.24, 2.45) is 11.7 Å². The summed E-state index contributed by atoms with van der Waals surface area (Å²) in [5.41, 5.74) is 6.67. The summed E-state index contributed by atoms with van der Waals surface area (Å²) in [6.45, 7) is 8.70. The van der Waals surface area contributed by atoms with Crippen molar-refractivity contribution in [2.75, 3.05) is 26.3 Å². The molecule has 0 saturated carbocycles. The molecule has 2 unspecified atom stereocenters. The normalized spacial score (nSPS) is 19.0. The zero-order valence-electron chi connectivity index (χ0n) is 15.1. The van der Waals surface area contributed by atoms with Gasteiger partial charge in [-0.2, -0.15) is 0 Å². The van der Waals surface area contributed by atoms with E-state index in [1.807, 2.05) is 30.9 Å². The van der Waals surface area contributed by atoms with Crippen LogP contribution in [-0.2, 0) is 0 Å². The largest absolute Gasteiger partial charge is 0.490 e. The van der Waals surface area contributed by atoms with Crippen molar-refractivity contribution in [1.82, 2.24) is 4.90 Å². The van der Waals surface area contributed by atoms with Crippen molar-refractivity contribution in [2.45, 2.75) is 46.1 Å². The van der Waals surface area contributed by atoms with E-state index in [2.05, 4.69) is 6.92 Å². The Bertz CT molecular complexity index is 545. The number of rotatable bonds is 7. The molecule has 0 aromatic heterocycles. The first-order chi connectivity index (χ1) is 11.6. The smallest absolute Gasteiger partial charge is 0.254 e. The Morgan fingerprint density at radius 2 is 2.12 bits per heavy atom. The van der Waals surface area contributed by atoms with E-state index in [1.54, 1.807) is 6.07 Å². The minimum atomic E-state index is 0.0448. The highest BCUT2D eigenvalue weighted by Gasteiger charge is 2.27. The van der Waals surface area contributed by atoms with E-state index < -0.39 is 0 Å². The molecule has 2 N–H and O–H groups in total. The Hall–Kier alpha value is -1.75. The maximum atomic E-state index is 12.8. The van der Waals surface area contributed by atoms with Crippen LogP contribution in [0.15, 0.2) is 18.2 Å². The number of amides is 1. The number of hydrogen-bond donors (Lipinski definition) is 1. The molecule has 1 fully saturated rings. The molecule has 1 amide bonds. The van der Waals surface area contributed by atoms with Crippen LogP contribution in [0.2, 0.25) is 0 Å². The fourth-order valence-corrected chi connectivity index (χ4v) is 3.05. The van der Waals surface area contributed by atoms with Crippen LogP contribution in [0.3, 0.4) is 0 Å². The minimum absolute atomic E-state index is 0.0448. The van der Waals surface area contributed by atoms with Gasteiger partial charge < -0.3 is 20.1 Å².